The molecule has 1 heterocycles. The number of carbonyl (C=O) groups excluding carboxylic acids is 1. The Labute approximate surface area is 145 Å². The lowest BCUT2D eigenvalue weighted by molar-refractivity contribution is 0.0633. The van der Waals surface area contributed by atoms with E-state index in [9.17, 15) is 18.3 Å². The highest BCUT2D eigenvalue weighted by Gasteiger charge is 2.35. The normalized spacial score (nSPS) is 17.0. The van der Waals surface area contributed by atoms with Gasteiger partial charge in [0, 0.05) is 5.69 Å². The SMILES string of the molecule is COc1cc(C2Nc3ccccc3C(=O)N2NS(C)(=O)=O)ccc1O. The Balaban J connectivity index is 2.10. The van der Waals surface area contributed by atoms with Gasteiger partial charge in [-0.1, -0.05) is 18.2 Å². The van der Waals surface area contributed by atoms with Gasteiger partial charge in [0.1, 0.15) is 6.17 Å². The molecule has 0 saturated carbocycles. The zero-order chi connectivity index (χ0) is 18.2. The quantitative estimate of drug-likeness (QED) is 0.758. The van der Waals surface area contributed by atoms with Crippen molar-refractivity contribution >= 4 is 21.6 Å². The number of phenols is 1. The monoisotopic (exact) mass is 363 g/mol. The Hall–Kier alpha value is -2.78. The lowest BCUT2D eigenvalue weighted by atomic mass is 10.0. The molecule has 1 aliphatic heterocycles. The fourth-order valence-corrected chi connectivity index (χ4v) is 3.17. The summed E-state index contributed by atoms with van der Waals surface area (Å²) in [6.07, 6.45) is 0.154. The number of hydrogen-bond acceptors (Lipinski definition) is 6. The molecule has 9 heteroatoms. The highest BCUT2D eigenvalue weighted by atomic mass is 32.2. The number of phenolic OH excluding ortho intramolecular Hbond substituents is 1. The minimum Gasteiger partial charge on any atom is -0.504 e. The van der Waals surface area contributed by atoms with E-state index in [1.54, 1.807) is 30.3 Å². The summed E-state index contributed by atoms with van der Waals surface area (Å²) in [5, 5.41) is 13.9. The van der Waals surface area contributed by atoms with Gasteiger partial charge in [0.25, 0.3) is 5.91 Å². The number of para-hydroxylation sites is 1. The van der Waals surface area contributed by atoms with E-state index in [1.807, 2.05) is 0 Å². The van der Waals surface area contributed by atoms with Crippen LogP contribution in [0.5, 0.6) is 11.5 Å². The smallest absolute Gasteiger partial charge is 0.273 e. The van der Waals surface area contributed by atoms with Crippen LogP contribution in [0.3, 0.4) is 0 Å². The van der Waals surface area contributed by atoms with Crippen LogP contribution in [-0.4, -0.2) is 37.8 Å². The first-order valence-corrected chi connectivity index (χ1v) is 9.23. The number of sulfonamides is 1. The highest BCUT2D eigenvalue weighted by molar-refractivity contribution is 7.88. The summed E-state index contributed by atoms with van der Waals surface area (Å²) >= 11 is 0. The Morgan fingerprint density at radius 3 is 2.64 bits per heavy atom. The van der Waals surface area contributed by atoms with Crippen molar-refractivity contribution in [1.82, 2.24) is 9.84 Å². The average molecular weight is 363 g/mol. The molecule has 0 radical (unpaired) electrons. The third kappa shape index (κ3) is 3.37. The van der Waals surface area contributed by atoms with Crippen LogP contribution in [0, 0.1) is 0 Å². The molecule has 132 valence electrons. The number of carbonyl (C=O) groups is 1. The van der Waals surface area contributed by atoms with Crippen LogP contribution in [0.4, 0.5) is 5.69 Å². The molecule has 0 saturated heterocycles. The minimum atomic E-state index is -3.69. The van der Waals surface area contributed by atoms with Crippen LogP contribution >= 0.6 is 0 Å². The first kappa shape index (κ1) is 17.1. The van der Waals surface area contributed by atoms with E-state index in [4.69, 9.17) is 4.74 Å². The van der Waals surface area contributed by atoms with Crippen LogP contribution in [-0.2, 0) is 10.0 Å². The fourth-order valence-electron chi connectivity index (χ4n) is 2.62. The van der Waals surface area contributed by atoms with E-state index >= 15 is 0 Å². The fraction of sp³-hybridized carbons (Fsp3) is 0.188. The number of nitrogens with one attached hydrogen (secondary N) is 2. The molecule has 2 aromatic carbocycles. The molecular formula is C16H17N3O5S. The summed E-state index contributed by atoms with van der Waals surface area (Å²) in [5.74, 6) is -0.335. The number of aromatic hydroxyl groups is 1. The number of hydrazine groups is 1. The van der Waals surface area contributed by atoms with Crippen LogP contribution < -0.4 is 14.9 Å². The number of hydrogen-bond donors (Lipinski definition) is 3. The van der Waals surface area contributed by atoms with Crippen molar-refractivity contribution in [3.8, 4) is 11.5 Å². The van der Waals surface area contributed by atoms with Gasteiger partial charge < -0.3 is 15.2 Å². The second-order valence-corrected chi connectivity index (χ2v) is 7.29. The van der Waals surface area contributed by atoms with E-state index in [0.717, 1.165) is 11.3 Å². The molecule has 25 heavy (non-hydrogen) atoms. The molecule has 1 aliphatic rings. The Bertz CT molecular complexity index is 929. The number of ether oxygens (including phenoxy) is 1. The minimum absolute atomic E-state index is 0.0589. The molecule has 0 spiro atoms. The van der Waals surface area contributed by atoms with Crippen molar-refractivity contribution in [2.75, 3.05) is 18.7 Å². The average Bonchev–Trinajstić information content (AvgIpc) is 2.57. The lowest BCUT2D eigenvalue weighted by Gasteiger charge is -2.37. The van der Waals surface area contributed by atoms with Gasteiger partial charge >= 0.3 is 0 Å². The molecule has 2 aromatic rings. The van der Waals surface area contributed by atoms with E-state index in [2.05, 4.69) is 10.1 Å². The molecule has 3 rings (SSSR count). The molecule has 1 unspecified atom stereocenters. The summed E-state index contributed by atoms with van der Waals surface area (Å²) in [7, 11) is -2.29. The Kier molecular flexibility index (Phi) is 4.27. The molecule has 3 N–H and O–H groups in total. The zero-order valence-corrected chi connectivity index (χ0v) is 14.4. The molecule has 0 aliphatic carbocycles. The Morgan fingerprint density at radius 1 is 1.24 bits per heavy atom. The van der Waals surface area contributed by atoms with Gasteiger partial charge in [-0.25, -0.2) is 13.4 Å². The van der Waals surface area contributed by atoms with Gasteiger partial charge in [0.2, 0.25) is 10.0 Å². The highest BCUT2D eigenvalue weighted by Crippen LogP contribution is 2.35. The maximum atomic E-state index is 12.8. The van der Waals surface area contributed by atoms with E-state index in [-0.39, 0.29) is 11.5 Å². The predicted octanol–water partition coefficient (Wildman–Crippen LogP) is 1.43. The summed E-state index contributed by atoms with van der Waals surface area (Å²) in [6, 6.07) is 11.3. The topological polar surface area (TPSA) is 108 Å². The number of methoxy groups -OCH3 is 1. The number of nitrogens with zero attached hydrogens (tertiary/aromatic N) is 1. The molecule has 1 atom stereocenters. The van der Waals surface area contributed by atoms with Crippen molar-refractivity contribution in [2.45, 2.75) is 6.17 Å². The number of anilines is 1. The lowest BCUT2D eigenvalue weighted by Crippen LogP contribution is -2.52. The zero-order valence-electron chi connectivity index (χ0n) is 13.6. The van der Waals surface area contributed by atoms with Crippen molar-refractivity contribution < 1.29 is 23.1 Å². The first-order chi connectivity index (χ1) is 11.8. The van der Waals surface area contributed by atoms with Crippen molar-refractivity contribution in [3.05, 3.63) is 53.6 Å². The van der Waals surface area contributed by atoms with Crippen LogP contribution in [0.1, 0.15) is 22.1 Å². The van der Waals surface area contributed by atoms with Gasteiger partial charge in [-0.3, -0.25) is 4.79 Å². The molecule has 0 aromatic heterocycles. The maximum absolute atomic E-state index is 12.8. The summed E-state index contributed by atoms with van der Waals surface area (Å²) < 4.78 is 28.5. The van der Waals surface area contributed by atoms with Gasteiger partial charge in [-0.2, -0.15) is 0 Å². The molecule has 0 fully saturated rings. The summed E-state index contributed by atoms with van der Waals surface area (Å²) in [4.78, 5) is 15.0. The van der Waals surface area contributed by atoms with Crippen LogP contribution in [0.15, 0.2) is 42.5 Å². The van der Waals surface area contributed by atoms with Gasteiger partial charge in [0.05, 0.1) is 18.9 Å². The maximum Gasteiger partial charge on any atom is 0.273 e. The molecule has 0 bridgehead atoms. The Morgan fingerprint density at radius 2 is 1.96 bits per heavy atom. The second-order valence-electron chi connectivity index (χ2n) is 5.56. The number of benzene rings is 2. The number of fused-ring (bicyclic) bond motifs is 1. The summed E-state index contributed by atoms with van der Waals surface area (Å²) in [6.45, 7) is 0. The third-order valence-corrected chi connectivity index (χ3v) is 4.24. The van der Waals surface area contributed by atoms with Crippen molar-refractivity contribution in [1.29, 1.82) is 0 Å². The standard InChI is InChI=1S/C16H17N3O5S/c1-24-14-9-10(7-8-13(14)20)15-17-12-6-4-3-5-11(12)16(21)19(15)18-25(2,22)23/h3-9,15,17-18,20H,1-2H3. The third-order valence-electron chi connectivity index (χ3n) is 3.71. The molecular weight excluding hydrogens is 346 g/mol. The van der Waals surface area contributed by atoms with Gasteiger partial charge in [0.15, 0.2) is 11.5 Å². The van der Waals surface area contributed by atoms with Crippen molar-refractivity contribution in [2.24, 2.45) is 0 Å². The van der Waals surface area contributed by atoms with Gasteiger partial charge in [-0.15, -0.1) is 4.83 Å². The largest absolute Gasteiger partial charge is 0.504 e. The first-order valence-electron chi connectivity index (χ1n) is 7.33. The number of amides is 1. The van der Waals surface area contributed by atoms with E-state index in [0.29, 0.717) is 16.8 Å². The van der Waals surface area contributed by atoms with Crippen LogP contribution in [0.25, 0.3) is 0 Å². The van der Waals surface area contributed by atoms with E-state index < -0.39 is 22.1 Å². The second kappa shape index (κ2) is 6.26. The van der Waals surface area contributed by atoms with Crippen molar-refractivity contribution in [3.63, 3.8) is 0 Å². The van der Waals surface area contributed by atoms with Gasteiger partial charge in [-0.05, 0) is 29.8 Å². The summed E-state index contributed by atoms with van der Waals surface area (Å²) in [5.41, 5.74) is 1.46. The molecule has 8 nitrogen and oxygen atoms in total. The van der Waals surface area contributed by atoms with Crippen LogP contribution in [0.2, 0.25) is 0 Å². The van der Waals surface area contributed by atoms with E-state index in [1.165, 1.54) is 19.2 Å². The molecule has 1 amide bonds. The predicted molar refractivity (Wildman–Crippen MR) is 91.6 cm³/mol. The number of rotatable bonds is 4.